The lowest BCUT2D eigenvalue weighted by Gasteiger charge is -2.06. The van der Waals surface area contributed by atoms with E-state index in [0.717, 1.165) is 0 Å². The summed E-state index contributed by atoms with van der Waals surface area (Å²) in [5.41, 5.74) is 0. The molecule has 0 spiro atoms. The van der Waals surface area contributed by atoms with Gasteiger partial charge in [0.2, 0.25) is 0 Å². The summed E-state index contributed by atoms with van der Waals surface area (Å²) in [7, 11) is 0.289. The van der Waals surface area contributed by atoms with Crippen molar-refractivity contribution in [3.8, 4) is 0 Å². The lowest BCUT2D eigenvalue weighted by atomic mass is 9.83. The summed E-state index contributed by atoms with van der Waals surface area (Å²) in [6.45, 7) is 1.78. The van der Waals surface area contributed by atoms with Gasteiger partial charge in [-0.3, -0.25) is 0 Å². The molecule has 0 aromatic heterocycles. The molecule has 0 aromatic carbocycles. The average Bonchev–Trinajstić information content (AvgIpc) is 1.65. The van der Waals surface area contributed by atoms with Crippen LogP contribution < -0.4 is 0 Å². The number of hydrogen-bond donors (Lipinski definition) is 2. The van der Waals surface area contributed by atoms with Gasteiger partial charge in [-0.2, -0.15) is 0 Å². The summed E-state index contributed by atoms with van der Waals surface area (Å²) in [6.07, 6.45) is 0.200. The Bertz CT molecular complexity index is 57.2. The smallest absolute Gasteiger partial charge is 0.427 e. The van der Waals surface area contributed by atoms with Gasteiger partial charge in [0, 0.05) is 13.4 Å². The monoisotopic (exact) mass is 118 g/mol. The molecular formula is C4H11BO3. The Morgan fingerprint density at radius 1 is 1.62 bits per heavy atom. The molecular weight excluding hydrogens is 107 g/mol. The molecule has 0 saturated carbocycles. The molecule has 0 rings (SSSR count). The van der Waals surface area contributed by atoms with Crippen molar-refractivity contribution >= 4 is 7.12 Å². The second kappa shape index (κ2) is 3.89. The molecule has 0 saturated heterocycles. The van der Waals surface area contributed by atoms with Crippen molar-refractivity contribution in [2.24, 2.45) is 0 Å². The second-order valence-electron chi connectivity index (χ2n) is 1.76. The zero-order chi connectivity index (χ0) is 6.57. The Hall–Kier alpha value is -0.0551. The van der Waals surface area contributed by atoms with Crippen molar-refractivity contribution in [1.82, 2.24) is 0 Å². The predicted octanol–water partition coefficient (Wildman–Crippen LogP) is -0.506. The van der Waals surface area contributed by atoms with Crippen molar-refractivity contribution in [2.75, 3.05) is 7.11 Å². The molecule has 0 fully saturated rings. The zero-order valence-corrected chi connectivity index (χ0v) is 5.16. The van der Waals surface area contributed by atoms with E-state index >= 15 is 0 Å². The molecule has 8 heavy (non-hydrogen) atoms. The van der Waals surface area contributed by atoms with Crippen LogP contribution in [0.2, 0.25) is 6.32 Å². The minimum absolute atomic E-state index is 0.0741. The van der Waals surface area contributed by atoms with Crippen LogP contribution in [-0.2, 0) is 4.74 Å². The quantitative estimate of drug-likeness (QED) is 0.491. The fourth-order valence-corrected chi connectivity index (χ4v) is 0.393. The van der Waals surface area contributed by atoms with Gasteiger partial charge < -0.3 is 14.8 Å². The average molecular weight is 118 g/mol. The van der Waals surface area contributed by atoms with E-state index in [1.54, 1.807) is 6.92 Å². The SMILES string of the molecule is COC(C)CB(O)O. The largest absolute Gasteiger partial charge is 0.454 e. The molecule has 0 aliphatic heterocycles. The molecule has 3 nitrogen and oxygen atoms in total. The maximum atomic E-state index is 8.33. The maximum Gasteiger partial charge on any atom is 0.454 e. The third-order valence-electron chi connectivity index (χ3n) is 0.945. The van der Waals surface area contributed by atoms with E-state index in [-0.39, 0.29) is 12.4 Å². The first-order valence-electron chi connectivity index (χ1n) is 2.55. The maximum absolute atomic E-state index is 8.33. The van der Waals surface area contributed by atoms with Crippen molar-refractivity contribution < 1.29 is 14.8 Å². The minimum Gasteiger partial charge on any atom is -0.427 e. The van der Waals surface area contributed by atoms with Crippen LogP contribution in [-0.4, -0.2) is 30.4 Å². The number of ether oxygens (including phenoxy) is 1. The molecule has 0 bridgehead atoms. The van der Waals surface area contributed by atoms with Gasteiger partial charge in [0.1, 0.15) is 0 Å². The first-order chi connectivity index (χ1) is 3.66. The zero-order valence-electron chi connectivity index (χ0n) is 5.16. The van der Waals surface area contributed by atoms with Gasteiger partial charge in [0.05, 0.1) is 6.10 Å². The number of hydrogen-bond acceptors (Lipinski definition) is 3. The first kappa shape index (κ1) is 7.94. The summed E-state index contributed by atoms with van der Waals surface area (Å²) in [5.74, 6) is 0. The molecule has 4 heteroatoms. The van der Waals surface area contributed by atoms with Crippen LogP contribution in [0, 0.1) is 0 Å². The summed E-state index contributed by atoms with van der Waals surface area (Å²) >= 11 is 0. The summed E-state index contributed by atoms with van der Waals surface area (Å²) < 4.78 is 4.74. The van der Waals surface area contributed by atoms with Gasteiger partial charge in [-0.05, 0) is 6.92 Å². The fourth-order valence-electron chi connectivity index (χ4n) is 0.393. The van der Waals surface area contributed by atoms with E-state index in [9.17, 15) is 0 Å². The summed E-state index contributed by atoms with van der Waals surface area (Å²) in [6, 6.07) is 0. The Morgan fingerprint density at radius 2 is 2.12 bits per heavy atom. The molecule has 0 aliphatic carbocycles. The third-order valence-corrected chi connectivity index (χ3v) is 0.945. The second-order valence-corrected chi connectivity index (χ2v) is 1.76. The van der Waals surface area contributed by atoms with Crippen molar-refractivity contribution in [2.45, 2.75) is 19.3 Å². The standard InChI is InChI=1S/C4H11BO3/c1-4(8-2)3-5(6)7/h4,6-7H,3H2,1-2H3. The molecule has 1 atom stereocenters. The highest BCUT2D eigenvalue weighted by molar-refractivity contribution is 6.41. The van der Waals surface area contributed by atoms with E-state index in [0.29, 0.717) is 0 Å². The van der Waals surface area contributed by atoms with Gasteiger partial charge in [-0.25, -0.2) is 0 Å². The van der Waals surface area contributed by atoms with Crippen LogP contribution in [0.25, 0.3) is 0 Å². The van der Waals surface area contributed by atoms with E-state index in [4.69, 9.17) is 14.8 Å². The Kier molecular flexibility index (Phi) is 3.86. The van der Waals surface area contributed by atoms with Crippen LogP contribution in [0.1, 0.15) is 6.92 Å². The molecule has 1 unspecified atom stereocenters. The van der Waals surface area contributed by atoms with Crippen molar-refractivity contribution in [3.05, 3.63) is 0 Å². The fraction of sp³-hybridized carbons (Fsp3) is 1.00. The molecule has 0 amide bonds. The van der Waals surface area contributed by atoms with Gasteiger partial charge in [-0.1, -0.05) is 0 Å². The first-order valence-corrected chi connectivity index (χ1v) is 2.55. The van der Waals surface area contributed by atoms with Gasteiger partial charge in [0.25, 0.3) is 0 Å². The van der Waals surface area contributed by atoms with Gasteiger partial charge in [-0.15, -0.1) is 0 Å². The lowest BCUT2D eigenvalue weighted by molar-refractivity contribution is 0.127. The summed E-state index contributed by atoms with van der Waals surface area (Å²) in [4.78, 5) is 0. The molecule has 2 N–H and O–H groups in total. The lowest BCUT2D eigenvalue weighted by Crippen LogP contribution is -2.19. The highest BCUT2D eigenvalue weighted by atomic mass is 16.5. The summed E-state index contributed by atoms with van der Waals surface area (Å²) in [5, 5.41) is 16.7. The van der Waals surface area contributed by atoms with Crippen LogP contribution in [0.15, 0.2) is 0 Å². The van der Waals surface area contributed by atoms with Crippen molar-refractivity contribution in [1.29, 1.82) is 0 Å². The highest BCUT2D eigenvalue weighted by Crippen LogP contribution is 1.95. The number of rotatable bonds is 3. The van der Waals surface area contributed by atoms with E-state index in [1.807, 2.05) is 0 Å². The van der Waals surface area contributed by atoms with Crippen molar-refractivity contribution in [3.63, 3.8) is 0 Å². The third kappa shape index (κ3) is 4.11. The molecule has 0 aromatic rings. The van der Waals surface area contributed by atoms with E-state index < -0.39 is 7.12 Å². The molecule has 48 valence electrons. The number of methoxy groups -OCH3 is 1. The van der Waals surface area contributed by atoms with Crippen LogP contribution in [0.4, 0.5) is 0 Å². The predicted molar refractivity (Wildman–Crippen MR) is 31.5 cm³/mol. The highest BCUT2D eigenvalue weighted by Gasteiger charge is 2.10. The van der Waals surface area contributed by atoms with Gasteiger partial charge in [0.15, 0.2) is 0 Å². The molecule has 0 heterocycles. The Labute approximate surface area is 49.4 Å². The normalized spacial score (nSPS) is 13.5. The molecule has 0 aliphatic rings. The molecule has 0 radical (unpaired) electrons. The van der Waals surface area contributed by atoms with Crippen LogP contribution >= 0.6 is 0 Å². The van der Waals surface area contributed by atoms with Crippen LogP contribution in [0.5, 0.6) is 0 Å². The minimum atomic E-state index is -1.25. The Balaban J connectivity index is 3.10. The van der Waals surface area contributed by atoms with Gasteiger partial charge >= 0.3 is 7.12 Å². The van der Waals surface area contributed by atoms with E-state index in [1.165, 1.54) is 7.11 Å². The van der Waals surface area contributed by atoms with Crippen LogP contribution in [0.3, 0.4) is 0 Å². The van der Waals surface area contributed by atoms with E-state index in [2.05, 4.69) is 0 Å². The topological polar surface area (TPSA) is 49.7 Å². The Morgan fingerprint density at radius 3 is 2.25 bits per heavy atom.